The molecule has 0 saturated carbocycles. The van der Waals surface area contributed by atoms with Gasteiger partial charge in [-0.1, -0.05) is 0 Å². The average molecular weight is 205 g/mol. The summed E-state index contributed by atoms with van der Waals surface area (Å²) in [6.45, 7) is 5.08. The minimum absolute atomic E-state index is 0.0642. The summed E-state index contributed by atoms with van der Waals surface area (Å²) in [4.78, 5) is 10.9. The van der Waals surface area contributed by atoms with Crippen LogP contribution in [-0.2, 0) is 19.0 Å². The van der Waals surface area contributed by atoms with Crippen LogP contribution in [0, 0.1) is 0 Å². The van der Waals surface area contributed by atoms with Gasteiger partial charge in [-0.05, 0) is 13.8 Å². The van der Waals surface area contributed by atoms with Gasteiger partial charge in [0.15, 0.2) is 0 Å². The third-order valence-electron chi connectivity index (χ3n) is 1.62. The molecule has 0 amide bonds. The summed E-state index contributed by atoms with van der Waals surface area (Å²) in [6.07, 6.45) is -0.0642. The molecule has 5 heteroatoms. The number of hydrogen-bond donors (Lipinski definition) is 1. The van der Waals surface area contributed by atoms with E-state index >= 15 is 0 Å². The van der Waals surface area contributed by atoms with Crippen molar-refractivity contribution in [2.75, 3.05) is 26.9 Å². The van der Waals surface area contributed by atoms with Crippen molar-refractivity contribution in [3.63, 3.8) is 0 Å². The molecule has 0 bridgehead atoms. The Kier molecular flexibility index (Phi) is 7.37. The number of esters is 1. The SMILES string of the molecule is CCOCC(C)OCC(N)C(=O)OC. The number of carbonyl (C=O) groups excluding carboxylic acids is 1. The number of hydrogen-bond acceptors (Lipinski definition) is 5. The number of methoxy groups -OCH3 is 1. The molecule has 0 spiro atoms. The molecule has 0 aliphatic carbocycles. The van der Waals surface area contributed by atoms with Crippen LogP contribution in [0.15, 0.2) is 0 Å². The monoisotopic (exact) mass is 205 g/mol. The van der Waals surface area contributed by atoms with Gasteiger partial charge in [-0.15, -0.1) is 0 Å². The lowest BCUT2D eigenvalue weighted by Crippen LogP contribution is -2.37. The molecule has 0 saturated heterocycles. The van der Waals surface area contributed by atoms with E-state index < -0.39 is 12.0 Å². The first kappa shape index (κ1) is 13.4. The van der Waals surface area contributed by atoms with Gasteiger partial charge in [0.1, 0.15) is 6.04 Å². The highest BCUT2D eigenvalue weighted by atomic mass is 16.5. The standard InChI is InChI=1S/C9H19NO4/c1-4-13-5-7(2)14-6-8(10)9(11)12-3/h7-8H,4-6,10H2,1-3H3. The molecule has 0 aliphatic heterocycles. The van der Waals surface area contributed by atoms with Crippen LogP contribution in [0.5, 0.6) is 0 Å². The Bertz CT molecular complexity index is 163. The largest absolute Gasteiger partial charge is 0.468 e. The van der Waals surface area contributed by atoms with Gasteiger partial charge in [0.05, 0.1) is 26.4 Å². The lowest BCUT2D eigenvalue weighted by Gasteiger charge is -2.15. The zero-order valence-corrected chi connectivity index (χ0v) is 8.99. The molecule has 2 atom stereocenters. The molecule has 84 valence electrons. The second-order valence-corrected chi connectivity index (χ2v) is 2.93. The molecule has 0 aromatic rings. The third kappa shape index (κ3) is 5.90. The second kappa shape index (κ2) is 7.73. The van der Waals surface area contributed by atoms with Crippen molar-refractivity contribution < 1.29 is 19.0 Å². The highest BCUT2D eigenvalue weighted by Gasteiger charge is 2.15. The molecule has 0 aromatic heterocycles. The zero-order valence-electron chi connectivity index (χ0n) is 8.99. The Morgan fingerprint density at radius 2 is 2.07 bits per heavy atom. The Balaban J connectivity index is 3.55. The Labute approximate surface area is 84.5 Å². The maximum absolute atomic E-state index is 10.9. The quantitative estimate of drug-likeness (QED) is 0.589. The van der Waals surface area contributed by atoms with E-state index in [1.807, 2.05) is 13.8 Å². The van der Waals surface area contributed by atoms with E-state index in [9.17, 15) is 4.79 Å². The van der Waals surface area contributed by atoms with Crippen LogP contribution in [0.1, 0.15) is 13.8 Å². The lowest BCUT2D eigenvalue weighted by atomic mass is 10.3. The molecule has 2 N–H and O–H groups in total. The average Bonchev–Trinajstić information content (AvgIpc) is 2.21. The summed E-state index contributed by atoms with van der Waals surface area (Å²) in [5.41, 5.74) is 5.46. The van der Waals surface area contributed by atoms with E-state index in [1.54, 1.807) is 0 Å². The van der Waals surface area contributed by atoms with Gasteiger partial charge < -0.3 is 19.9 Å². The first-order valence-electron chi connectivity index (χ1n) is 4.64. The first-order valence-corrected chi connectivity index (χ1v) is 4.64. The third-order valence-corrected chi connectivity index (χ3v) is 1.62. The predicted molar refractivity (Wildman–Crippen MR) is 51.9 cm³/mol. The van der Waals surface area contributed by atoms with E-state index in [0.29, 0.717) is 13.2 Å². The summed E-state index contributed by atoms with van der Waals surface area (Å²) in [7, 11) is 1.30. The van der Waals surface area contributed by atoms with Gasteiger partial charge >= 0.3 is 5.97 Å². The minimum Gasteiger partial charge on any atom is -0.468 e. The maximum Gasteiger partial charge on any atom is 0.325 e. The lowest BCUT2D eigenvalue weighted by molar-refractivity contribution is -0.144. The summed E-state index contributed by atoms with van der Waals surface area (Å²) in [5.74, 6) is -0.464. The molecule has 0 aromatic carbocycles. The zero-order chi connectivity index (χ0) is 11.0. The topological polar surface area (TPSA) is 70.8 Å². The van der Waals surface area contributed by atoms with Gasteiger partial charge in [0.2, 0.25) is 0 Å². The molecule has 0 heterocycles. The van der Waals surface area contributed by atoms with Crippen molar-refractivity contribution in [1.29, 1.82) is 0 Å². The van der Waals surface area contributed by atoms with Crippen molar-refractivity contribution in [1.82, 2.24) is 0 Å². The maximum atomic E-state index is 10.9. The summed E-state index contributed by atoms with van der Waals surface area (Å²) < 4.78 is 14.9. The molecule has 2 unspecified atom stereocenters. The highest BCUT2D eigenvalue weighted by Crippen LogP contribution is 1.94. The number of nitrogens with two attached hydrogens (primary N) is 1. The normalized spacial score (nSPS) is 14.9. The van der Waals surface area contributed by atoms with Crippen LogP contribution in [-0.4, -0.2) is 45.0 Å². The predicted octanol–water partition coefficient (Wildman–Crippen LogP) is -0.0717. The van der Waals surface area contributed by atoms with Gasteiger partial charge in [-0.3, -0.25) is 4.79 Å². The Morgan fingerprint density at radius 3 is 2.57 bits per heavy atom. The molecule has 0 aliphatic rings. The Hall–Kier alpha value is -0.650. The molecule has 14 heavy (non-hydrogen) atoms. The molecular weight excluding hydrogens is 186 g/mol. The van der Waals surface area contributed by atoms with Crippen LogP contribution >= 0.6 is 0 Å². The Morgan fingerprint density at radius 1 is 1.43 bits per heavy atom. The fourth-order valence-corrected chi connectivity index (χ4v) is 0.819. The van der Waals surface area contributed by atoms with Gasteiger partial charge in [0, 0.05) is 6.61 Å². The molecule has 0 rings (SSSR count). The van der Waals surface area contributed by atoms with Crippen LogP contribution in [0.2, 0.25) is 0 Å². The summed E-state index contributed by atoms with van der Waals surface area (Å²) in [6, 6.07) is -0.718. The first-order chi connectivity index (χ1) is 6.61. The van der Waals surface area contributed by atoms with Crippen molar-refractivity contribution in [2.24, 2.45) is 5.73 Å². The van der Waals surface area contributed by atoms with Crippen molar-refractivity contribution in [2.45, 2.75) is 26.0 Å². The van der Waals surface area contributed by atoms with Crippen molar-refractivity contribution in [3.05, 3.63) is 0 Å². The summed E-state index contributed by atoms with van der Waals surface area (Å²) >= 11 is 0. The number of ether oxygens (including phenoxy) is 3. The van der Waals surface area contributed by atoms with Crippen LogP contribution in [0.4, 0.5) is 0 Å². The fourth-order valence-electron chi connectivity index (χ4n) is 0.819. The molecule has 0 fully saturated rings. The molecule has 5 nitrogen and oxygen atoms in total. The van der Waals surface area contributed by atoms with Crippen LogP contribution in [0.3, 0.4) is 0 Å². The van der Waals surface area contributed by atoms with E-state index in [0.717, 1.165) is 0 Å². The highest BCUT2D eigenvalue weighted by molar-refractivity contribution is 5.75. The van der Waals surface area contributed by atoms with Crippen LogP contribution < -0.4 is 5.73 Å². The number of rotatable bonds is 7. The van der Waals surface area contributed by atoms with E-state index in [1.165, 1.54) is 7.11 Å². The van der Waals surface area contributed by atoms with Gasteiger partial charge in [-0.2, -0.15) is 0 Å². The minimum atomic E-state index is -0.718. The molecular formula is C9H19NO4. The van der Waals surface area contributed by atoms with Gasteiger partial charge in [-0.25, -0.2) is 0 Å². The summed E-state index contributed by atoms with van der Waals surface area (Å²) in [5, 5.41) is 0. The second-order valence-electron chi connectivity index (χ2n) is 2.93. The van der Waals surface area contributed by atoms with Crippen LogP contribution in [0.25, 0.3) is 0 Å². The van der Waals surface area contributed by atoms with Crippen molar-refractivity contribution in [3.8, 4) is 0 Å². The fraction of sp³-hybridized carbons (Fsp3) is 0.889. The molecule has 0 radical (unpaired) electrons. The van der Waals surface area contributed by atoms with Gasteiger partial charge in [0.25, 0.3) is 0 Å². The van der Waals surface area contributed by atoms with E-state index in [-0.39, 0.29) is 12.7 Å². The van der Waals surface area contributed by atoms with E-state index in [4.69, 9.17) is 15.2 Å². The van der Waals surface area contributed by atoms with Crippen molar-refractivity contribution >= 4 is 5.97 Å². The smallest absolute Gasteiger partial charge is 0.325 e. The number of carbonyl (C=O) groups is 1. The van der Waals surface area contributed by atoms with E-state index in [2.05, 4.69) is 4.74 Å².